The second-order valence-electron chi connectivity index (χ2n) is 6.73. The van der Waals surface area contributed by atoms with Crippen molar-refractivity contribution < 1.29 is 9.53 Å². The van der Waals surface area contributed by atoms with Crippen LogP contribution in [0.5, 0.6) is 0 Å². The molecule has 0 aromatic carbocycles. The van der Waals surface area contributed by atoms with E-state index < -0.39 is 0 Å². The van der Waals surface area contributed by atoms with E-state index in [-0.39, 0.29) is 16.9 Å². The lowest BCUT2D eigenvalue weighted by Gasteiger charge is -2.30. The molecule has 0 aliphatic carbocycles. The number of ether oxygens (including phenoxy) is 1. The lowest BCUT2D eigenvalue weighted by molar-refractivity contribution is -0.124. The van der Waals surface area contributed by atoms with Crippen molar-refractivity contribution in [1.29, 1.82) is 0 Å². The molecule has 16 heavy (non-hydrogen) atoms. The lowest BCUT2D eigenvalue weighted by Crippen LogP contribution is -2.30. The molecule has 0 unspecified atom stereocenters. The van der Waals surface area contributed by atoms with Gasteiger partial charge in [0, 0.05) is 12.3 Å². The van der Waals surface area contributed by atoms with Crippen molar-refractivity contribution in [3.05, 3.63) is 0 Å². The van der Waals surface area contributed by atoms with Crippen LogP contribution in [0.3, 0.4) is 0 Å². The van der Waals surface area contributed by atoms with E-state index in [1.807, 2.05) is 13.8 Å². The van der Waals surface area contributed by atoms with E-state index in [9.17, 15) is 4.79 Å². The van der Waals surface area contributed by atoms with Gasteiger partial charge in [-0.25, -0.2) is 0 Å². The fourth-order valence-electron chi connectivity index (χ4n) is 1.20. The van der Waals surface area contributed by atoms with Gasteiger partial charge in [-0.1, -0.05) is 34.6 Å². The van der Waals surface area contributed by atoms with E-state index >= 15 is 0 Å². The van der Waals surface area contributed by atoms with Crippen LogP contribution in [-0.2, 0) is 9.53 Å². The van der Waals surface area contributed by atoms with E-state index in [4.69, 9.17) is 4.74 Å². The van der Waals surface area contributed by atoms with Gasteiger partial charge in [0.1, 0.15) is 5.78 Å². The van der Waals surface area contributed by atoms with Crippen molar-refractivity contribution in [3.63, 3.8) is 0 Å². The molecule has 0 N–H and O–H groups in total. The zero-order valence-corrected chi connectivity index (χ0v) is 12.0. The van der Waals surface area contributed by atoms with Crippen molar-refractivity contribution in [2.24, 2.45) is 11.3 Å². The highest BCUT2D eigenvalue weighted by molar-refractivity contribution is 5.80. The minimum atomic E-state index is -0.197. The van der Waals surface area contributed by atoms with Crippen molar-refractivity contribution in [3.8, 4) is 0 Å². The van der Waals surface area contributed by atoms with E-state index in [1.165, 1.54) is 0 Å². The summed E-state index contributed by atoms with van der Waals surface area (Å²) in [4.78, 5) is 11.5. The first kappa shape index (κ1) is 15.6. The fraction of sp³-hybridized carbons (Fsp3) is 0.929. The molecule has 0 heterocycles. The van der Waals surface area contributed by atoms with Crippen molar-refractivity contribution >= 4 is 5.78 Å². The van der Waals surface area contributed by atoms with Gasteiger partial charge in [0.15, 0.2) is 0 Å². The molecule has 96 valence electrons. The number of rotatable bonds is 6. The Morgan fingerprint density at radius 2 is 1.62 bits per heavy atom. The Morgan fingerprint density at radius 3 is 2.00 bits per heavy atom. The van der Waals surface area contributed by atoms with Gasteiger partial charge in [-0.05, 0) is 25.7 Å². The quantitative estimate of drug-likeness (QED) is 0.690. The lowest BCUT2D eigenvalue weighted by atomic mass is 9.94. The molecule has 0 saturated carbocycles. The number of hydrogen-bond acceptors (Lipinski definition) is 2. The summed E-state index contributed by atoms with van der Waals surface area (Å²) in [5.41, 5.74) is -0.0167. The molecule has 0 saturated heterocycles. The third-order valence-corrected chi connectivity index (χ3v) is 2.51. The summed E-state index contributed by atoms with van der Waals surface area (Å²) in [7, 11) is 0. The highest BCUT2D eigenvalue weighted by Crippen LogP contribution is 2.23. The summed E-state index contributed by atoms with van der Waals surface area (Å²) < 4.78 is 5.87. The molecule has 0 amide bonds. The van der Waals surface area contributed by atoms with Crippen LogP contribution in [0.1, 0.15) is 61.3 Å². The largest absolute Gasteiger partial charge is 0.375 e. The maximum absolute atomic E-state index is 11.5. The van der Waals surface area contributed by atoms with Crippen LogP contribution in [-0.4, -0.2) is 18.0 Å². The van der Waals surface area contributed by atoms with Crippen molar-refractivity contribution in [1.82, 2.24) is 0 Å². The first-order chi connectivity index (χ1) is 7.03. The molecule has 0 atom stereocenters. The maximum Gasteiger partial charge on any atom is 0.135 e. The summed E-state index contributed by atoms with van der Waals surface area (Å²) in [6.07, 6.45) is 1.43. The molecule has 0 fully saturated rings. The molecular formula is C14H28O2. The standard InChI is InChI=1S/C14H28O2/c1-11(2)12(15)8-9-14(6,7)16-10-13(3,4)5/h11H,8-10H2,1-7H3. The van der Waals surface area contributed by atoms with E-state index in [2.05, 4.69) is 34.6 Å². The normalized spacial score (nSPS) is 13.2. The van der Waals surface area contributed by atoms with Gasteiger partial charge in [-0.15, -0.1) is 0 Å². The molecule has 0 aliphatic heterocycles. The first-order valence-electron chi connectivity index (χ1n) is 6.20. The minimum Gasteiger partial charge on any atom is -0.375 e. The van der Waals surface area contributed by atoms with Gasteiger partial charge in [-0.3, -0.25) is 4.79 Å². The highest BCUT2D eigenvalue weighted by atomic mass is 16.5. The van der Waals surface area contributed by atoms with Crippen molar-refractivity contribution in [2.75, 3.05) is 6.61 Å². The van der Waals surface area contributed by atoms with Crippen LogP contribution in [0, 0.1) is 11.3 Å². The van der Waals surface area contributed by atoms with Gasteiger partial charge in [0.2, 0.25) is 0 Å². The highest BCUT2D eigenvalue weighted by Gasteiger charge is 2.23. The Bertz CT molecular complexity index is 221. The summed E-state index contributed by atoms with van der Waals surface area (Å²) in [5, 5.41) is 0. The molecule has 0 rings (SSSR count). The maximum atomic E-state index is 11.5. The predicted molar refractivity (Wildman–Crippen MR) is 68.6 cm³/mol. The number of hydrogen-bond donors (Lipinski definition) is 0. The third-order valence-electron chi connectivity index (χ3n) is 2.51. The van der Waals surface area contributed by atoms with Crippen LogP contribution < -0.4 is 0 Å². The Morgan fingerprint density at radius 1 is 1.12 bits per heavy atom. The van der Waals surface area contributed by atoms with Gasteiger partial charge in [0.05, 0.1) is 12.2 Å². The Balaban J connectivity index is 4.01. The topological polar surface area (TPSA) is 26.3 Å². The van der Waals surface area contributed by atoms with E-state index in [0.717, 1.165) is 13.0 Å². The molecule has 2 heteroatoms. The van der Waals surface area contributed by atoms with Crippen LogP contribution in [0.25, 0.3) is 0 Å². The van der Waals surface area contributed by atoms with Gasteiger partial charge in [0.25, 0.3) is 0 Å². The molecule has 0 aliphatic rings. The van der Waals surface area contributed by atoms with Gasteiger partial charge >= 0.3 is 0 Å². The zero-order valence-electron chi connectivity index (χ0n) is 12.0. The van der Waals surface area contributed by atoms with E-state index in [0.29, 0.717) is 12.2 Å². The Hall–Kier alpha value is -0.370. The average molecular weight is 228 g/mol. The van der Waals surface area contributed by atoms with Gasteiger partial charge in [-0.2, -0.15) is 0 Å². The number of carbonyl (C=O) groups excluding carboxylic acids is 1. The third kappa shape index (κ3) is 7.86. The Labute approximate surface area is 101 Å². The number of Topliss-reactive ketones (excluding diaryl/α,β-unsaturated/α-hetero) is 1. The summed E-state index contributed by atoms with van der Waals surface area (Å²) in [6, 6.07) is 0. The number of ketones is 1. The number of carbonyl (C=O) groups is 1. The molecule has 0 radical (unpaired) electrons. The SMILES string of the molecule is CC(C)C(=O)CCC(C)(C)OCC(C)(C)C. The van der Waals surface area contributed by atoms with Crippen LogP contribution >= 0.6 is 0 Å². The molecular weight excluding hydrogens is 200 g/mol. The average Bonchev–Trinajstić information content (AvgIpc) is 2.10. The fourth-order valence-corrected chi connectivity index (χ4v) is 1.20. The predicted octanol–water partition coefficient (Wildman–Crippen LogP) is 3.83. The molecule has 0 aromatic heterocycles. The molecule has 0 aromatic rings. The van der Waals surface area contributed by atoms with E-state index in [1.54, 1.807) is 0 Å². The summed E-state index contributed by atoms with van der Waals surface area (Å²) in [5.74, 6) is 0.464. The first-order valence-corrected chi connectivity index (χ1v) is 6.20. The van der Waals surface area contributed by atoms with Gasteiger partial charge < -0.3 is 4.74 Å². The smallest absolute Gasteiger partial charge is 0.135 e. The second kappa shape index (κ2) is 5.81. The monoisotopic (exact) mass is 228 g/mol. The van der Waals surface area contributed by atoms with Crippen LogP contribution in [0.2, 0.25) is 0 Å². The summed E-state index contributed by atoms with van der Waals surface area (Å²) >= 11 is 0. The van der Waals surface area contributed by atoms with Crippen LogP contribution in [0.4, 0.5) is 0 Å². The molecule has 2 nitrogen and oxygen atoms in total. The van der Waals surface area contributed by atoms with Crippen LogP contribution in [0.15, 0.2) is 0 Å². The zero-order chi connectivity index (χ0) is 13.0. The molecule has 0 bridgehead atoms. The Kier molecular flexibility index (Phi) is 5.67. The molecule has 0 spiro atoms. The summed E-state index contributed by atoms with van der Waals surface area (Å²) in [6.45, 7) is 15.2. The second-order valence-corrected chi connectivity index (χ2v) is 6.73. The van der Waals surface area contributed by atoms with Crippen molar-refractivity contribution in [2.45, 2.75) is 66.9 Å². The minimum absolute atomic E-state index is 0.137.